The summed E-state index contributed by atoms with van der Waals surface area (Å²) in [5.41, 5.74) is 0.730. The topological polar surface area (TPSA) is 49.8 Å². The zero-order valence-corrected chi connectivity index (χ0v) is 11.9. The number of ether oxygens (including phenoxy) is 1. The molecule has 1 atom stereocenters. The van der Waals surface area contributed by atoms with E-state index in [1.165, 1.54) is 0 Å². The van der Waals surface area contributed by atoms with Gasteiger partial charge in [0.1, 0.15) is 0 Å². The summed E-state index contributed by atoms with van der Waals surface area (Å²) in [4.78, 5) is 15.3. The molecule has 1 N–H and O–H groups in total. The highest BCUT2D eigenvalue weighted by Crippen LogP contribution is 2.22. The number of carbonyl (C=O) groups is 1. The molecule has 5 heteroatoms. The van der Waals surface area contributed by atoms with Crippen molar-refractivity contribution in [1.29, 1.82) is 0 Å². The monoisotopic (exact) mass is 281 g/mol. The third kappa shape index (κ3) is 3.49. The van der Waals surface area contributed by atoms with Gasteiger partial charge in [-0.2, -0.15) is 0 Å². The smallest absolute Gasteiger partial charge is 0.255 e. The van der Waals surface area contributed by atoms with Gasteiger partial charge in [-0.05, 0) is 18.4 Å². The Balaban J connectivity index is 2.17. The molecule has 0 saturated carbocycles. The zero-order chi connectivity index (χ0) is 13.7. The summed E-state index contributed by atoms with van der Waals surface area (Å²) in [7, 11) is 0. The molecule has 0 radical (unpaired) electrons. The van der Waals surface area contributed by atoms with Gasteiger partial charge >= 0.3 is 0 Å². The minimum absolute atomic E-state index is 0.00731. The van der Waals surface area contributed by atoms with E-state index in [4.69, 9.17) is 4.74 Å². The van der Waals surface area contributed by atoms with Crippen molar-refractivity contribution in [2.24, 2.45) is 5.92 Å². The van der Waals surface area contributed by atoms with Crippen molar-refractivity contribution in [3.8, 4) is 0 Å². The van der Waals surface area contributed by atoms with Crippen molar-refractivity contribution in [1.82, 2.24) is 4.90 Å². The minimum Gasteiger partial charge on any atom is -0.396 e. The Kier molecular flexibility index (Phi) is 5.24. The van der Waals surface area contributed by atoms with Crippen LogP contribution in [0.25, 0.3) is 0 Å². The molecular weight excluding hydrogens is 262 g/mol. The number of nitrogens with zero attached hydrogens (tertiary/aromatic N) is 1. The fourth-order valence-electron chi connectivity index (χ4n) is 2.17. The van der Waals surface area contributed by atoms with Gasteiger partial charge in [-0.1, -0.05) is 12.1 Å². The molecule has 0 spiro atoms. The van der Waals surface area contributed by atoms with E-state index in [1.54, 1.807) is 16.7 Å². The summed E-state index contributed by atoms with van der Waals surface area (Å²) >= 11 is 1.57. The number of carbonyl (C=O) groups excluding carboxylic acids is 1. The van der Waals surface area contributed by atoms with E-state index in [1.807, 2.05) is 30.5 Å². The normalized spacial score (nSPS) is 20.1. The molecule has 1 aromatic carbocycles. The number of amides is 1. The van der Waals surface area contributed by atoms with Gasteiger partial charge in [0.05, 0.1) is 18.8 Å². The highest BCUT2D eigenvalue weighted by molar-refractivity contribution is 7.98. The summed E-state index contributed by atoms with van der Waals surface area (Å²) in [6.45, 7) is 2.23. The first kappa shape index (κ1) is 14.4. The Bertz CT molecular complexity index is 438. The standard InChI is InChI=1S/C14H19NO3S/c1-19-13-5-3-2-4-12(13)14(17)15-6-7-18-10-11(8-15)9-16/h2-5,11,16H,6-10H2,1H3/t11-/m0/s1. The van der Waals surface area contributed by atoms with Gasteiger partial charge in [0.25, 0.3) is 5.91 Å². The van der Waals surface area contributed by atoms with Crippen molar-refractivity contribution in [2.75, 3.05) is 39.2 Å². The fraction of sp³-hybridized carbons (Fsp3) is 0.500. The maximum absolute atomic E-state index is 12.6. The number of thioether (sulfide) groups is 1. The average molecular weight is 281 g/mol. The first-order valence-corrected chi connectivity index (χ1v) is 7.59. The third-order valence-electron chi connectivity index (χ3n) is 3.22. The fourth-order valence-corrected chi connectivity index (χ4v) is 2.76. The predicted octanol–water partition coefficient (Wildman–Crippen LogP) is 1.49. The molecule has 1 aliphatic rings. The SMILES string of the molecule is CSc1ccccc1C(=O)N1CCOC[C@H](CO)C1. The number of aliphatic hydroxyl groups is 1. The molecule has 1 amide bonds. The van der Waals surface area contributed by atoms with Gasteiger partial charge in [0.2, 0.25) is 0 Å². The molecule has 0 aliphatic carbocycles. The number of hydrogen-bond acceptors (Lipinski definition) is 4. The minimum atomic E-state index is 0.00731. The molecule has 19 heavy (non-hydrogen) atoms. The Labute approximate surface area is 117 Å². The molecule has 1 saturated heterocycles. The zero-order valence-electron chi connectivity index (χ0n) is 11.0. The molecular formula is C14H19NO3S. The van der Waals surface area contributed by atoms with Crippen molar-refractivity contribution in [3.05, 3.63) is 29.8 Å². The van der Waals surface area contributed by atoms with Crippen LogP contribution in [0.5, 0.6) is 0 Å². The molecule has 1 fully saturated rings. The number of rotatable bonds is 3. The van der Waals surface area contributed by atoms with Crippen LogP contribution >= 0.6 is 11.8 Å². The molecule has 0 aromatic heterocycles. The molecule has 4 nitrogen and oxygen atoms in total. The van der Waals surface area contributed by atoms with Crippen LogP contribution in [0.1, 0.15) is 10.4 Å². The van der Waals surface area contributed by atoms with Crippen LogP contribution in [0.2, 0.25) is 0 Å². The second-order valence-corrected chi connectivity index (χ2v) is 5.42. The van der Waals surface area contributed by atoms with Gasteiger partial charge in [0, 0.05) is 30.5 Å². The van der Waals surface area contributed by atoms with E-state index in [0.29, 0.717) is 26.3 Å². The maximum Gasteiger partial charge on any atom is 0.255 e. The summed E-state index contributed by atoms with van der Waals surface area (Å²) in [5, 5.41) is 9.26. The molecule has 1 aliphatic heterocycles. The number of benzene rings is 1. The highest BCUT2D eigenvalue weighted by Gasteiger charge is 2.24. The van der Waals surface area contributed by atoms with E-state index >= 15 is 0 Å². The Hall–Kier alpha value is -1.04. The molecule has 0 unspecified atom stereocenters. The maximum atomic E-state index is 12.6. The summed E-state index contributed by atoms with van der Waals surface area (Å²) < 4.78 is 5.41. The van der Waals surface area contributed by atoms with E-state index in [0.717, 1.165) is 10.5 Å². The first-order valence-electron chi connectivity index (χ1n) is 6.37. The third-order valence-corrected chi connectivity index (χ3v) is 4.02. The van der Waals surface area contributed by atoms with Crippen molar-refractivity contribution in [3.63, 3.8) is 0 Å². The number of aliphatic hydroxyl groups excluding tert-OH is 1. The predicted molar refractivity (Wildman–Crippen MR) is 75.5 cm³/mol. The first-order chi connectivity index (χ1) is 9.26. The van der Waals surface area contributed by atoms with Crippen molar-refractivity contribution in [2.45, 2.75) is 4.90 Å². The molecule has 1 heterocycles. The lowest BCUT2D eigenvalue weighted by Crippen LogP contribution is -2.37. The van der Waals surface area contributed by atoms with Crippen LogP contribution in [0.15, 0.2) is 29.2 Å². The van der Waals surface area contributed by atoms with Crippen LogP contribution in [0.4, 0.5) is 0 Å². The molecule has 2 rings (SSSR count). The Morgan fingerprint density at radius 1 is 1.53 bits per heavy atom. The van der Waals surface area contributed by atoms with Gasteiger partial charge in [-0.3, -0.25) is 4.79 Å². The summed E-state index contributed by atoms with van der Waals surface area (Å²) in [5.74, 6) is 0.0294. The molecule has 104 valence electrons. The van der Waals surface area contributed by atoms with Crippen molar-refractivity contribution >= 4 is 17.7 Å². The Morgan fingerprint density at radius 3 is 3.05 bits per heavy atom. The lowest BCUT2D eigenvalue weighted by molar-refractivity contribution is 0.0725. The summed E-state index contributed by atoms with van der Waals surface area (Å²) in [6.07, 6.45) is 1.97. The van der Waals surface area contributed by atoms with E-state index in [-0.39, 0.29) is 18.4 Å². The van der Waals surface area contributed by atoms with Crippen LogP contribution in [-0.4, -0.2) is 55.1 Å². The van der Waals surface area contributed by atoms with Crippen LogP contribution in [0.3, 0.4) is 0 Å². The highest BCUT2D eigenvalue weighted by atomic mass is 32.2. The van der Waals surface area contributed by atoms with Gasteiger partial charge in [-0.15, -0.1) is 11.8 Å². The molecule has 0 bridgehead atoms. The lowest BCUT2D eigenvalue weighted by atomic mass is 10.1. The van der Waals surface area contributed by atoms with Gasteiger partial charge in [0.15, 0.2) is 0 Å². The van der Waals surface area contributed by atoms with Gasteiger partial charge in [-0.25, -0.2) is 0 Å². The van der Waals surface area contributed by atoms with E-state index < -0.39 is 0 Å². The van der Waals surface area contributed by atoms with E-state index in [2.05, 4.69) is 0 Å². The van der Waals surface area contributed by atoms with Crippen molar-refractivity contribution < 1.29 is 14.6 Å². The van der Waals surface area contributed by atoms with Crippen LogP contribution in [-0.2, 0) is 4.74 Å². The number of hydrogen-bond donors (Lipinski definition) is 1. The second kappa shape index (κ2) is 6.93. The van der Waals surface area contributed by atoms with Crippen LogP contribution < -0.4 is 0 Å². The summed E-state index contributed by atoms with van der Waals surface area (Å²) in [6, 6.07) is 7.62. The van der Waals surface area contributed by atoms with Crippen LogP contribution in [0, 0.1) is 5.92 Å². The van der Waals surface area contributed by atoms with Gasteiger partial charge < -0.3 is 14.7 Å². The Morgan fingerprint density at radius 2 is 2.32 bits per heavy atom. The lowest BCUT2D eigenvalue weighted by Gasteiger charge is -2.23. The second-order valence-electron chi connectivity index (χ2n) is 4.57. The quantitative estimate of drug-likeness (QED) is 0.853. The molecule has 1 aromatic rings. The largest absolute Gasteiger partial charge is 0.396 e. The van der Waals surface area contributed by atoms with E-state index in [9.17, 15) is 9.90 Å². The average Bonchev–Trinajstić information content (AvgIpc) is 2.72.